The van der Waals surface area contributed by atoms with Crippen LogP contribution in [0.1, 0.15) is 11.5 Å². The number of nitrogens with zero attached hydrogens (tertiary/aromatic N) is 3. The Labute approximate surface area is 81.6 Å². The summed E-state index contributed by atoms with van der Waals surface area (Å²) in [6, 6.07) is 1.89. The second-order valence-corrected chi connectivity index (χ2v) is 2.93. The summed E-state index contributed by atoms with van der Waals surface area (Å²) in [5.74, 6) is 1.70. The summed E-state index contributed by atoms with van der Waals surface area (Å²) >= 11 is 0. The van der Waals surface area contributed by atoms with Crippen molar-refractivity contribution in [1.29, 1.82) is 0 Å². The van der Waals surface area contributed by atoms with Gasteiger partial charge in [-0.2, -0.15) is 0 Å². The molecule has 0 aromatic carbocycles. The SMILES string of the molecule is Cc1cc(NCc2ncc[nH]2)ncn1. The molecule has 0 saturated carbocycles. The number of nitrogens with one attached hydrogen (secondary N) is 2. The lowest BCUT2D eigenvalue weighted by Gasteiger charge is -2.02. The largest absolute Gasteiger partial charge is 0.363 e. The van der Waals surface area contributed by atoms with Gasteiger partial charge in [-0.15, -0.1) is 0 Å². The monoisotopic (exact) mass is 189 g/mol. The Hall–Kier alpha value is -1.91. The predicted molar refractivity (Wildman–Crippen MR) is 52.7 cm³/mol. The molecule has 0 aliphatic rings. The molecule has 0 saturated heterocycles. The highest BCUT2D eigenvalue weighted by Crippen LogP contribution is 2.03. The van der Waals surface area contributed by atoms with Crippen LogP contribution in [0.4, 0.5) is 5.82 Å². The summed E-state index contributed by atoms with van der Waals surface area (Å²) in [4.78, 5) is 15.2. The fraction of sp³-hybridized carbons (Fsp3) is 0.222. The summed E-state index contributed by atoms with van der Waals surface area (Å²) in [5, 5.41) is 3.14. The molecular formula is C9H11N5. The zero-order valence-corrected chi connectivity index (χ0v) is 7.86. The first kappa shape index (κ1) is 8.68. The van der Waals surface area contributed by atoms with E-state index in [0.717, 1.165) is 17.3 Å². The first-order valence-electron chi connectivity index (χ1n) is 4.35. The van der Waals surface area contributed by atoms with Crippen LogP contribution in [0.3, 0.4) is 0 Å². The zero-order chi connectivity index (χ0) is 9.80. The first-order chi connectivity index (χ1) is 6.84. The highest BCUT2D eigenvalue weighted by Gasteiger charge is 1.96. The van der Waals surface area contributed by atoms with Crippen LogP contribution in [0.15, 0.2) is 24.8 Å². The Morgan fingerprint density at radius 1 is 1.36 bits per heavy atom. The van der Waals surface area contributed by atoms with Gasteiger partial charge in [0.1, 0.15) is 18.0 Å². The average molecular weight is 189 g/mol. The lowest BCUT2D eigenvalue weighted by molar-refractivity contribution is 0.977. The van der Waals surface area contributed by atoms with E-state index >= 15 is 0 Å². The van der Waals surface area contributed by atoms with Crippen molar-refractivity contribution >= 4 is 5.82 Å². The van der Waals surface area contributed by atoms with Crippen molar-refractivity contribution in [2.45, 2.75) is 13.5 Å². The summed E-state index contributed by atoms with van der Waals surface area (Å²) in [6.45, 7) is 2.57. The maximum absolute atomic E-state index is 4.09. The maximum atomic E-state index is 4.09. The van der Waals surface area contributed by atoms with Crippen molar-refractivity contribution in [2.75, 3.05) is 5.32 Å². The van der Waals surface area contributed by atoms with E-state index < -0.39 is 0 Å². The van der Waals surface area contributed by atoms with Gasteiger partial charge in [-0.25, -0.2) is 15.0 Å². The molecule has 0 atom stereocenters. The Kier molecular flexibility index (Phi) is 2.40. The van der Waals surface area contributed by atoms with E-state index in [4.69, 9.17) is 0 Å². The van der Waals surface area contributed by atoms with E-state index in [0.29, 0.717) is 6.54 Å². The quantitative estimate of drug-likeness (QED) is 0.759. The van der Waals surface area contributed by atoms with Crippen molar-refractivity contribution in [3.8, 4) is 0 Å². The Balaban J connectivity index is 1.98. The van der Waals surface area contributed by atoms with Gasteiger partial charge in [-0.1, -0.05) is 0 Å². The van der Waals surface area contributed by atoms with Crippen LogP contribution >= 0.6 is 0 Å². The first-order valence-corrected chi connectivity index (χ1v) is 4.35. The van der Waals surface area contributed by atoms with Gasteiger partial charge in [-0.05, 0) is 6.92 Å². The average Bonchev–Trinajstić information content (AvgIpc) is 2.67. The van der Waals surface area contributed by atoms with Crippen molar-refractivity contribution in [3.05, 3.63) is 36.3 Å². The molecule has 14 heavy (non-hydrogen) atoms. The van der Waals surface area contributed by atoms with Crippen molar-refractivity contribution in [3.63, 3.8) is 0 Å². The van der Waals surface area contributed by atoms with Crippen LogP contribution in [0.5, 0.6) is 0 Å². The molecule has 72 valence electrons. The molecule has 0 aliphatic heterocycles. The second kappa shape index (κ2) is 3.87. The van der Waals surface area contributed by atoms with Gasteiger partial charge >= 0.3 is 0 Å². The lowest BCUT2D eigenvalue weighted by Crippen LogP contribution is -2.03. The number of aromatic amines is 1. The number of rotatable bonds is 3. The molecule has 0 aliphatic carbocycles. The molecule has 5 heteroatoms. The van der Waals surface area contributed by atoms with E-state index in [9.17, 15) is 0 Å². The fourth-order valence-electron chi connectivity index (χ4n) is 1.12. The summed E-state index contributed by atoms with van der Waals surface area (Å²) < 4.78 is 0. The van der Waals surface area contributed by atoms with Gasteiger partial charge in [-0.3, -0.25) is 0 Å². The molecule has 2 aromatic rings. The minimum atomic E-state index is 0.642. The minimum Gasteiger partial charge on any atom is -0.363 e. The molecule has 2 N–H and O–H groups in total. The molecule has 5 nitrogen and oxygen atoms in total. The Bertz CT molecular complexity index is 395. The van der Waals surface area contributed by atoms with E-state index in [1.165, 1.54) is 0 Å². The Morgan fingerprint density at radius 2 is 2.29 bits per heavy atom. The number of hydrogen-bond acceptors (Lipinski definition) is 4. The van der Waals surface area contributed by atoms with Crippen LogP contribution in [-0.4, -0.2) is 19.9 Å². The number of aromatic nitrogens is 4. The van der Waals surface area contributed by atoms with Gasteiger partial charge in [0.25, 0.3) is 0 Å². The van der Waals surface area contributed by atoms with E-state index in [-0.39, 0.29) is 0 Å². The van der Waals surface area contributed by atoms with Gasteiger partial charge in [0.15, 0.2) is 0 Å². The third-order valence-electron chi connectivity index (χ3n) is 1.80. The fourth-order valence-corrected chi connectivity index (χ4v) is 1.12. The molecule has 0 fully saturated rings. The topological polar surface area (TPSA) is 66.5 Å². The maximum Gasteiger partial charge on any atom is 0.129 e. The highest BCUT2D eigenvalue weighted by molar-refractivity contribution is 5.34. The summed E-state index contributed by atoms with van der Waals surface area (Å²) in [6.07, 6.45) is 5.06. The summed E-state index contributed by atoms with van der Waals surface area (Å²) in [7, 11) is 0. The standard InChI is InChI=1S/C9H11N5/c1-7-4-8(14-6-13-7)12-5-9-10-2-3-11-9/h2-4,6H,5H2,1H3,(H,10,11)(H,12,13,14). The molecule has 0 radical (unpaired) electrons. The molecule has 0 spiro atoms. The van der Waals surface area contributed by atoms with Crippen LogP contribution in [0.25, 0.3) is 0 Å². The predicted octanol–water partition coefficient (Wildman–Crippen LogP) is 1.12. The summed E-state index contributed by atoms with van der Waals surface area (Å²) in [5.41, 5.74) is 0.946. The molecule has 2 aromatic heterocycles. The second-order valence-electron chi connectivity index (χ2n) is 2.93. The van der Waals surface area contributed by atoms with Crippen LogP contribution in [-0.2, 0) is 6.54 Å². The normalized spacial score (nSPS) is 10.1. The molecule has 2 heterocycles. The molecule has 0 unspecified atom stereocenters. The van der Waals surface area contributed by atoms with Gasteiger partial charge in [0, 0.05) is 24.2 Å². The lowest BCUT2D eigenvalue weighted by atomic mass is 10.4. The van der Waals surface area contributed by atoms with Crippen molar-refractivity contribution in [1.82, 2.24) is 19.9 Å². The highest BCUT2D eigenvalue weighted by atomic mass is 15.0. The minimum absolute atomic E-state index is 0.642. The van der Waals surface area contributed by atoms with Gasteiger partial charge in [0.05, 0.1) is 6.54 Å². The molecule has 0 amide bonds. The number of imidazole rings is 1. The third kappa shape index (κ3) is 2.07. The Morgan fingerprint density at radius 3 is 3.00 bits per heavy atom. The van der Waals surface area contributed by atoms with Gasteiger partial charge < -0.3 is 10.3 Å². The smallest absolute Gasteiger partial charge is 0.129 e. The van der Waals surface area contributed by atoms with E-state index in [2.05, 4.69) is 25.3 Å². The third-order valence-corrected chi connectivity index (χ3v) is 1.80. The van der Waals surface area contributed by atoms with Crippen LogP contribution in [0.2, 0.25) is 0 Å². The van der Waals surface area contributed by atoms with E-state index in [1.807, 2.05) is 13.0 Å². The number of hydrogen-bond donors (Lipinski definition) is 2. The van der Waals surface area contributed by atoms with Crippen LogP contribution in [0, 0.1) is 6.92 Å². The number of H-pyrrole nitrogens is 1. The van der Waals surface area contributed by atoms with Gasteiger partial charge in [0.2, 0.25) is 0 Å². The number of anilines is 1. The van der Waals surface area contributed by atoms with Crippen molar-refractivity contribution < 1.29 is 0 Å². The van der Waals surface area contributed by atoms with E-state index in [1.54, 1.807) is 18.7 Å². The zero-order valence-electron chi connectivity index (χ0n) is 7.86. The van der Waals surface area contributed by atoms with Crippen molar-refractivity contribution in [2.24, 2.45) is 0 Å². The molecular weight excluding hydrogens is 178 g/mol. The van der Waals surface area contributed by atoms with Crippen LogP contribution < -0.4 is 5.32 Å². The molecule has 2 rings (SSSR count). The number of aryl methyl sites for hydroxylation is 1. The molecule has 0 bridgehead atoms.